The zero-order valence-electron chi connectivity index (χ0n) is 30.8. The zero-order valence-corrected chi connectivity index (χ0v) is 31.6. The number of imidazole rings is 1. The van der Waals surface area contributed by atoms with E-state index in [0.717, 1.165) is 91.5 Å². The van der Waals surface area contributed by atoms with Gasteiger partial charge in [-0.25, -0.2) is 22.3 Å². The van der Waals surface area contributed by atoms with Crippen LogP contribution in [0.1, 0.15) is 32.3 Å². The van der Waals surface area contributed by atoms with E-state index in [1.165, 1.54) is 16.1 Å². The van der Waals surface area contributed by atoms with Gasteiger partial charge in [-0.05, 0) is 48.5 Å². The fourth-order valence-electron chi connectivity index (χ4n) is 9.12. The van der Waals surface area contributed by atoms with E-state index in [9.17, 15) is 28.2 Å². The molecule has 0 radical (unpaired) electrons. The molecule has 1 amide bonds. The summed E-state index contributed by atoms with van der Waals surface area (Å²) in [6.07, 6.45) is 8.43. The molecule has 7 rings (SSSR count). The highest BCUT2D eigenvalue weighted by atomic mass is 32.2. The first-order valence-corrected chi connectivity index (χ1v) is 20.1. The van der Waals surface area contributed by atoms with E-state index in [0.29, 0.717) is 23.2 Å². The maximum atomic E-state index is 14.1. The standard InChI is InChI=1S/C38H53N7O6S/c1-26-30(36(38(48)49)43-35(26)33(27(2)46)37(43)47)24-42-31-9-5-8-29-28(10-11-32(34(29)31)52(42,50)51)12-19-45(4)22-20-44(3,21-23-45)18-7-15-41-17-16-40(25-41)14-6-13-39/h5,8-11,16-17,25-27,33,35,46H,6-7,12-15,18-24,39H2,1-4H3/q+2/p+1/t26-,27+,33+,35+,44?,45?/m0/s1. The number of hydrogen-bond donors (Lipinski definition) is 3. The molecule has 5 heterocycles. The smallest absolute Gasteiger partial charge is 0.352 e. The number of carbonyl (C=O) groups is 2. The molecule has 1 aromatic heterocycles. The Morgan fingerprint density at radius 2 is 1.79 bits per heavy atom. The molecule has 4 N–H and O–H groups in total. The highest BCUT2D eigenvalue weighted by Crippen LogP contribution is 2.50. The number of nitrogens with zero attached hydrogens (tertiary/aromatic N) is 6. The van der Waals surface area contributed by atoms with Crippen LogP contribution in [0.3, 0.4) is 0 Å². The van der Waals surface area contributed by atoms with Crippen LogP contribution in [0, 0.1) is 11.8 Å². The van der Waals surface area contributed by atoms with Gasteiger partial charge in [-0.2, -0.15) is 0 Å². The summed E-state index contributed by atoms with van der Waals surface area (Å²) < 4.78 is 36.0. The Balaban J connectivity index is 1.03. The van der Waals surface area contributed by atoms with Crippen LogP contribution in [-0.2, 0) is 39.1 Å². The summed E-state index contributed by atoms with van der Waals surface area (Å²) >= 11 is 0. The second-order valence-corrected chi connectivity index (χ2v) is 17.9. The number of nitrogens with two attached hydrogens (primary N) is 1. The second kappa shape index (κ2) is 13.5. The maximum Gasteiger partial charge on any atom is 0.352 e. The van der Waals surface area contributed by atoms with Gasteiger partial charge in [-0.1, -0.05) is 25.1 Å². The number of benzene rings is 2. The van der Waals surface area contributed by atoms with Gasteiger partial charge < -0.3 is 29.8 Å². The molecule has 0 spiro atoms. The van der Waals surface area contributed by atoms with Crippen molar-refractivity contribution in [2.45, 2.75) is 63.2 Å². The van der Waals surface area contributed by atoms with Gasteiger partial charge in [0.15, 0.2) is 0 Å². The van der Waals surface area contributed by atoms with E-state index in [1.807, 2.05) is 25.1 Å². The minimum atomic E-state index is -3.98. The lowest BCUT2D eigenvalue weighted by atomic mass is 9.78. The number of sulfonamides is 1. The quantitative estimate of drug-likeness (QED) is 0.129. The summed E-state index contributed by atoms with van der Waals surface area (Å²) in [5.41, 5.74) is 7.51. The molecule has 13 nitrogen and oxygen atoms in total. The molecule has 0 saturated carbocycles. The third kappa shape index (κ3) is 6.21. The van der Waals surface area contributed by atoms with Gasteiger partial charge in [0.1, 0.15) is 44.3 Å². The number of piperazine rings is 1. The Kier molecular flexibility index (Phi) is 9.52. The number of anilines is 1. The number of carboxylic acid groups (broad SMARTS) is 1. The molecule has 2 aromatic carbocycles. The van der Waals surface area contributed by atoms with E-state index >= 15 is 0 Å². The monoisotopic (exact) mass is 736 g/mol. The molecule has 14 heteroatoms. The number of fused-ring (bicyclic) bond motifs is 1. The molecule has 4 atom stereocenters. The highest BCUT2D eigenvalue weighted by Gasteiger charge is 2.60. The van der Waals surface area contributed by atoms with Gasteiger partial charge >= 0.3 is 5.97 Å². The molecule has 52 heavy (non-hydrogen) atoms. The number of aliphatic hydroxyl groups is 1. The fourth-order valence-corrected chi connectivity index (χ4v) is 10.8. The van der Waals surface area contributed by atoms with Crippen molar-refractivity contribution >= 4 is 38.4 Å². The van der Waals surface area contributed by atoms with Gasteiger partial charge in [0.2, 0.25) is 12.2 Å². The number of rotatable bonds is 14. The number of aromatic nitrogens is 2. The first-order valence-electron chi connectivity index (χ1n) is 18.6. The summed E-state index contributed by atoms with van der Waals surface area (Å²) in [4.78, 5) is 26.8. The summed E-state index contributed by atoms with van der Waals surface area (Å²) in [7, 11) is 0.732. The summed E-state index contributed by atoms with van der Waals surface area (Å²) in [5.74, 6) is -2.85. The Bertz CT molecular complexity index is 2030. The Hall–Kier alpha value is -3.82. The second-order valence-electron chi connectivity index (χ2n) is 16.1. The average molecular weight is 737 g/mol. The Morgan fingerprint density at radius 3 is 2.46 bits per heavy atom. The van der Waals surface area contributed by atoms with Gasteiger partial charge in [0, 0.05) is 24.1 Å². The number of carbonyl (C=O) groups excluding carboxylic acids is 1. The van der Waals surface area contributed by atoms with E-state index in [1.54, 1.807) is 12.1 Å². The van der Waals surface area contributed by atoms with Crippen LogP contribution in [0.4, 0.5) is 5.69 Å². The normalized spacial score (nSPS) is 28.4. The number of aliphatic carboxylic acids is 1. The van der Waals surface area contributed by atoms with Gasteiger partial charge in [-0.3, -0.25) is 9.10 Å². The van der Waals surface area contributed by atoms with Crippen LogP contribution in [0.5, 0.6) is 0 Å². The molecule has 4 aliphatic heterocycles. The zero-order chi connectivity index (χ0) is 37.2. The highest BCUT2D eigenvalue weighted by molar-refractivity contribution is 7.93. The van der Waals surface area contributed by atoms with Crippen LogP contribution >= 0.6 is 0 Å². The summed E-state index contributed by atoms with van der Waals surface area (Å²) in [5, 5.41) is 22.0. The molecule has 2 saturated heterocycles. The largest absolute Gasteiger partial charge is 0.477 e. The molecular weight excluding hydrogens is 683 g/mol. The predicted molar refractivity (Wildman–Crippen MR) is 196 cm³/mol. The van der Waals surface area contributed by atoms with E-state index in [2.05, 4.69) is 42.0 Å². The fraction of sp³-hybridized carbons (Fsp3) is 0.553. The van der Waals surface area contributed by atoms with E-state index in [4.69, 9.17) is 5.73 Å². The van der Waals surface area contributed by atoms with E-state index in [-0.39, 0.29) is 17.1 Å². The minimum absolute atomic E-state index is 0.167. The summed E-state index contributed by atoms with van der Waals surface area (Å²) in [6.45, 7) is 12.3. The Labute approximate surface area is 306 Å². The molecule has 0 aliphatic carbocycles. The molecule has 4 aliphatic rings. The molecule has 280 valence electrons. The van der Waals surface area contributed by atoms with Crippen LogP contribution in [0.2, 0.25) is 0 Å². The van der Waals surface area contributed by atoms with Crippen molar-refractivity contribution in [3.05, 3.63) is 65.9 Å². The molecule has 0 unspecified atom stereocenters. The third-order valence-electron chi connectivity index (χ3n) is 12.5. The number of hydrogen-bond acceptors (Lipinski definition) is 6. The van der Waals surface area contributed by atoms with Crippen LogP contribution in [-0.4, -0.2) is 128 Å². The van der Waals surface area contributed by atoms with Gasteiger partial charge in [0.05, 0.1) is 75.5 Å². The first-order chi connectivity index (χ1) is 24.7. The lowest BCUT2D eigenvalue weighted by Gasteiger charge is -2.46. The summed E-state index contributed by atoms with van der Waals surface area (Å²) in [6, 6.07) is 8.78. The van der Waals surface area contributed by atoms with Crippen molar-refractivity contribution in [2.75, 3.05) is 70.8 Å². The number of likely N-dealkylation sites (N-methyl/N-ethyl adjacent to an activating group) is 2. The van der Waals surface area contributed by atoms with Crippen molar-refractivity contribution in [3.8, 4) is 0 Å². The molecule has 3 aromatic rings. The number of aryl methyl sites for hydroxylation is 2. The topological polar surface area (TPSA) is 150 Å². The minimum Gasteiger partial charge on any atom is -0.477 e. The van der Waals surface area contributed by atoms with Crippen molar-refractivity contribution in [1.82, 2.24) is 9.47 Å². The third-order valence-corrected chi connectivity index (χ3v) is 14.3. The van der Waals surface area contributed by atoms with Gasteiger partial charge in [-0.15, -0.1) is 0 Å². The predicted octanol–water partition coefficient (Wildman–Crippen LogP) is 1.52. The SMILES string of the molecule is C[C@@H](O)[C@H]1C(=O)N2C(C(=O)O)=C(CN3c4cccc5c(CC[N+]6(C)CC[N+](C)(CCC[n+]7ccn(CCCN)c7)CC6)ccc(c45)S3(=O)=O)[C@H](C)[C@H]12. The first kappa shape index (κ1) is 36.5. The van der Waals surface area contributed by atoms with Crippen molar-refractivity contribution in [2.24, 2.45) is 17.6 Å². The number of β-lactam (4-membered cyclic amide) rings is 1. The number of carboxylic acids is 1. The number of quaternary nitrogens is 2. The molecule has 2 fully saturated rings. The van der Waals surface area contributed by atoms with Crippen LogP contribution < -0.4 is 14.6 Å². The van der Waals surface area contributed by atoms with Crippen molar-refractivity contribution < 1.29 is 41.8 Å². The number of amides is 1. The molecular formula is C38H54N7O6S+3. The Morgan fingerprint density at radius 1 is 1.08 bits per heavy atom. The maximum absolute atomic E-state index is 14.1. The van der Waals surface area contributed by atoms with Crippen LogP contribution in [0.25, 0.3) is 10.8 Å². The number of aliphatic hydroxyl groups excluding tert-OH is 1. The lowest BCUT2D eigenvalue weighted by molar-refractivity contribution is -1.02. The molecule has 0 bridgehead atoms. The van der Waals surface area contributed by atoms with E-state index < -0.39 is 45.9 Å². The lowest BCUT2D eigenvalue weighted by Crippen LogP contribution is -2.64. The van der Waals surface area contributed by atoms with Crippen molar-refractivity contribution in [3.63, 3.8) is 0 Å². The van der Waals surface area contributed by atoms with Crippen molar-refractivity contribution in [1.29, 1.82) is 0 Å². The average Bonchev–Trinajstić information content (AvgIpc) is 3.72. The van der Waals surface area contributed by atoms with Gasteiger partial charge in [0.25, 0.3) is 10.0 Å². The van der Waals surface area contributed by atoms with Crippen LogP contribution in [0.15, 0.2) is 65.2 Å².